The van der Waals surface area contributed by atoms with Gasteiger partial charge >= 0.3 is 0 Å². The van der Waals surface area contributed by atoms with Crippen molar-refractivity contribution in [3.63, 3.8) is 0 Å². The second kappa shape index (κ2) is 9.32. The maximum Gasteiger partial charge on any atom is 0.293 e. The number of hydrogen-bond acceptors (Lipinski definition) is 7. The Labute approximate surface area is 177 Å². The lowest BCUT2D eigenvalue weighted by atomic mass is 10.1. The first-order chi connectivity index (χ1) is 14.4. The molecule has 0 radical (unpaired) electrons. The number of carboxylic acid groups (broad SMARTS) is 1. The Morgan fingerprint density at radius 2 is 2.00 bits per heavy atom. The molecular weight excluding hydrogens is 406 g/mol. The van der Waals surface area contributed by atoms with Crippen LogP contribution < -0.4 is 14.6 Å². The molecule has 1 fully saturated rings. The van der Waals surface area contributed by atoms with E-state index in [1.807, 2.05) is 0 Å². The van der Waals surface area contributed by atoms with E-state index < -0.39 is 5.97 Å². The molecule has 0 aliphatic carbocycles. The quantitative estimate of drug-likeness (QED) is 0.475. The average Bonchev–Trinajstić information content (AvgIpc) is 3.00. The molecule has 1 aliphatic rings. The number of benzene rings is 2. The first-order valence-corrected chi connectivity index (χ1v) is 9.72. The molecule has 0 unspecified atom stereocenters. The molecular formula is C22H18NO6S-. The van der Waals surface area contributed by atoms with E-state index in [1.165, 1.54) is 25.3 Å². The summed E-state index contributed by atoms with van der Waals surface area (Å²) in [5, 5.41) is 10.6. The van der Waals surface area contributed by atoms with Gasteiger partial charge in [-0.15, -0.1) is 6.58 Å². The van der Waals surface area contributed by atoms with Crippen LogP contribution in [-0.2, 0) is 11.4 Å². The number of hydrogen-bond donors (Lipinski definition) is 0. The fourth-order valence-electron chi connectivity index (χ4n) is 2.78. The fraction of sp³-hybridized carbons (Fsp3) is 0.136. The van der Waals surface area contributed by atoms with Crippen molar-refractivity contribution in [3.05, 3.63) is 76.7 Å². The van der Waals surface area contributed by atoms with E-state index in [9.17, 15) is 19.5 Å². The van der Waals surface area contributed by atoms with Crippen molar-refractivity contribution in [2.24, 2.45) is 0 Å². The van der Waals surface area contributed by atoms with Gasteiger partial charge in [0.15, 0.2) is 11.5 Å². The summed E-state index contributed by atoms with van der Waals surface area (Å²) in [7, 11) is 1.49. The summed E-state index contributed by atoms with van der Waals surface area (Å²) in [6.07, 6.45) is 3.11. The van der Waals surface area contributed by atoms with Crippen molar-refractivity contribution >= 4 is 35.0 Å². The van der Waals surface area contributed by atoms with Gasteiger partial charge in [0.1, 0.15) is 6.61 Å². The fourth-order valence-corrected chi connectivity index (χ4v) is 3.63. The third kappa shape index (κ3) is 4.72. The number of rotatable bonds is 8. The molecule has 3 rings (SSSR count). The second-order valence-corrected chi connectivity index (χ2v) is 7.26. The number of carbonyl (C=O) groups is 3. The summed E-state index contributed by atoms with van der Waals surface area (Å²) in [5.41, 5.74) is 1.41. The largest absolute Gasteiger partial charge is 0.545 e. The minimum Gasteiger partial charge on any atom is -0.545 e. The van der Waals surface area contributed by atoms with Gasteiger partial charge in [0.25, 0.3) is 11.1 Å². The Morgan fingerprint density at radius 3 is 2.70 bits per heavy atom. The summed E-state index contributed by atoms with van der Waals surface area (Å²) in [6, 6.07) is 11.4. The Kier molecular flexibility index (Phi) is 6.58. The summed E-state index contributed by atoms with van der Waals surface area (Å²) >= 11 is 0.871. The van der Waals surface area contributed by atoms with Gasteiger partial charge in [-0.05, 0) is 52.7 Å². The molecule has 0 aromatic heterocycles. The van der Waals surface area contributed by atoms with E-state index in [1.54, 1.807) is 36.4 Å². The number of aromatic carboxylic acids is 1. The first-order valence-electron chi connectivity index (χ1n) is 8.90. The highest BCUT2D eigenvalue weighted by atomic mass is 32.2. The van der Waals surface area contributed by atoms with Gasteiger partial charge in [-0.1, -0.05) is 30.3 Å². The third-order valence-electron chi connectivity index (χ3n) is 4.23. The second-order valence-electron chi connectivity index (χ2n) is 6.27. The number of thioether (sulfide) groups is 1. The van der Waals surface area contributed by atoms with E-state index in [0.717, 1.165) is 16.7 Å². The van der Waals surface area contributed by atoms with Crippen LogP contribution in [0.1, 0.15) is 21.5 Å². The highest BCUT2D eigenvalue weighted by Gasteiger charge is 2.34. The van der Waals surface area contributed by atoms with Crippen LogP contribution in [0.5, 0.6) is 11.5 Å². The van der Waals surface area contributed by atoms with E-state index in [-0.39, 0.29) is 29.9 Å². The molecule has 7 nitrogen and oxygen atoms in total. The predicted molar refractivity (Wildman–Crippen MR) is 111 cm³/mol. The third-order valence-corrected chi connectivity index (χ3v) is 5.14. The maximum atomic E-state index is 12.3. The Hall–Kier alpha value is -3.52. The normalized spacial score (nSPS) is 14.8. The van der Waals surface area contributed by atoms with Crippen molar-refractivity contribution < 1.29 is 29.0 Å². The number of ether oxygens (including phenoxy) is 2. The Balaban J connectivity index is 1.76. The van der Waals surface area contributed by atoms with Crippen LogP contribution in [0, 0.1) is 0 Å². The number of nitrogens with zero attached hydrogens (tertiary/aromatic N) is 1. The lowest BCUT2D eigenvalue weighted by molar-refractivity contribution is -0.255. The molecule has 1 heterocycles. The molecule has 0 atom stereocenters. The lowest BCUT2D eigenvalue weighted by Gasteiger charge is -2.12. The zero-order valence-corrected chi connectivity index (χ0v) is 16.9. The lowest BCUT2D eigenvalue weighted by Crippen LogP contribution is -2.27. The molecule has 2 amide bonds. The number of methoxy groups -OCH3 is 1. The molecule has 1 saturated heterocycles. The van der Waals surface area contributed by atoms with E-state index >= 15 is 0 Å². The standard InChI is InChI=1S/C22H19NO6S/c1-3-9-23-20(24)19(30-22(23)27)12-14-7-8-17(18(11-14)28-2)29-13-15-5-4-6-16(10-15)21(25)26/h3-8,10-12H,1,9,13H2,2H3,(H,25,26)/p-1/b19-12+. The van der Waals surface area contributed by atoms with Crippen LogP contribution in [0.3, 0.4) is 0 Å². The minimum atomic E-state index is -1.25. The van der Waals surface area contributed by atoms with Crippen molar-refractivity contribution in [2.75, 3.05) is 13.7 Å². The topological polar surface area (TPSA) is 96.0 Å². The van der Waals surface area contributed by atoms with E-state index in [2.05, 4.69) is 6.58 Å². The summed E-state index contributed by atoms with van der Waals surface area (Å²) in [5.74, 6) is -0.730. The van der Waals surface area contributed by atoms with Crippen LogP contribution in [0.25, 0.3) is 6.08 Å². The monoisotopic (exact) mass is 424 g/mol. The molecule has 8 heteroatoms. The molecule has 0 bridgehead atoms. The van der Waals surface area contributed by atoms with Crippen LogP contribution in [0.15, 0.2) is 60.0 Å². The van der Waals surface area contributed by atoms with E-state index in [0.29, 0.717) is 27.5 Å². The predicted octanol–water partition coefficient (Wildman–Crippen LogP) is 2.86. The molecule has 0 N–H and O–H groups in total. The molecule has 1 aliphatic heterocycles. The van der Waals surface area contributed by atoms with Crippen molar-refractivity contribution in [1.29, 1.82) is 0 Å². The van der Waals surface area contributed by atoms with Crippen molar-refractivity contribution in [2.45, 2.75) is 6.61 Å². The number of amides is 2. The number of carboxylic acids is 1. The number of imide groups is 1. The van der Waals surface area contributed by atoms with Gasteiger partial charge < -0.3 is 19.4 Å². The van der Waals surface area contributed by atoms with Crippen LogP contribution in [0.4, 0.5) is 4.79 Å². The zero-order chi connectivity index (χ0) is 21.7. The summed E-state index contributed by atoms with van der Waals surface area (Å²) in [6.45, 7) is 3.85. The van der Waals surface area contributed by atoms with Crippen LogP contribution in [-0.4, -0.2) is 35.7 Å². The SMILES string of the molecule is C=CCN1C(=O)S/C(=C/c2ccc(OCc3cccc(C(=O)[O-])c3)c(OC)c2)C1=O. The Bertz CT molecular complexity index is 1050. The highest BCUT2D eigenvalue weighted by Crippen LogP contribution is 2.34. The molecule has 154 valence electrons. The van der Waals surface area contributed by atoms with Crippen LogP contribution >= 0.6 is 11.8 Å². The molecule has 0 spiro atoms. The van der Waals surface area contributed by atoms with Gasteiger partial charge in [-0.25, -0.2) is 0 Å². The molecule has 2 aromatic carbocycles. The van der Waals surface area contributed by atoms with Gasteiger partial charge in [0.2, 0.25) is 0 Å². The zero-order valence-electron chi connectivity index (χ0n) is 16.1. The van der Waals surface area contributed by atoms with Gasteiger partial charge in [-0.3, -0.25) is 14.5 Å². The first kappa shape index (κ1) is 21.2. The van der Waals surface area contributed by atoms with Gasteiger partial charge in [0, 0.05) is 6.54 Å². The number of carbonyl (C=O) groups excluding carboxylic acids is 3. The maximum absolute atomic E-state index is 12.3. The van der Waals surface area contributed by atoms with E-state index in [4.69, 9.17) is 9.47 Å². The Morgan fingerprint density at radius 1 is 1.20 bits per heavy atom. The van der Waals surface area contributed by atoms with Crippen molar-refractivity contribution in [3.8, 4) is 11.5 Å². The summed E-state index contributed by atoms with van der Waals surface area (Å²) < 4.78 is 11.1. The van der Waals surface area contributed by atoms with Crippen molar-refractivity contribution in [1.82, 2.24) is 4.90 Å². The molecule has 2 aromatic rings. The van der Waals surface area contributed by atoms with Crippen LogP contribution in [0.2, 0.25) is 0 Å². The van der Waals surface area contributed by atoms with Gasteiger partial charge in [0.05, 0.1) is 18.0 Å². The molecule has 0 saturated carbocycles. The molecule has 30 heavy (non-hydrogen) atoms. The average molecular weight is 424 g/mol. The summed E-state index contributed by atoms with van der Waals surface area (Å²) in [4.78, 5) is 36.7. The minimum absolute atomic E-state index is 0.0730. The smallest absolute Gasteiger partial charge is 0.293 e. The van der Waals surface area contributed by atoms with Gasteiger partial charge in [-0.2, -0.15) is 0 Å². The highest BCUT2D eigenvalue weighted by molar-refractivity contribution is 8.18.